The van der Waals surface area contributed by atoms with Gasteiger partial charge in [-0.15, -0.1) is 0 Å². The molecule has 0 aliphatic rings. The summed E-state index contributed by atoms with van der Waals surface area (Å²) in [5.41, 5.74) is 0. The number of hydrogen-bond acceptors (Lipinski definition) is 4. The van der Waals surface area contributed by atoms with Crippen molar-refractivity contribution in [3.05, 3.63) is 0 Å². The molecule has 0 spiro atoms. The van der Waals surface area contributed by atoms with Gasteiger partial charge in [-0.05, 0) is 26.7 Å². The van der Waals surface area contributed by atoms with E-state index < -0.39 is 5.79 Å². The Morgan fingerprint density at radius 1 is 1.19 bits per heavy atom. The second-order valence-electron chi connectivity index (χ2n) is 3.56. The second-order valence-corrected chi connectivity index (χ2v) is 3.97. The Morgan fingerprint density at radius 2 is 1.75 bits per heavy atom. The van der Waals surface area contributed by atoms with E-state index in [2.05, 4.69) is 0 Å². The Labute approximate surface area is 101 Å². The molecule has 0 aliphatic heterocycles. The highest BCUT2D eigenvalue weighted by molar-refractivity contribution is 6.05. The van der Waals surface area contributed by atoms with Gasteiger partial charge in [-0.3, -0.25) is 4.79 Å². The number of rotatable bonds is 9. The van der Waals surface area contributed by atoms with Gasteiger partial charge < -0.3 is 13.9 Å². The summed E-state index contributed by atoms with van der Waals surface area (Å²) in [6.45, 7) is 7.19. The van der Waals surface area contributed by atoms with Crippen LogP contribution in [-0.4, -0.2) is 35.5 Å². The lowest BCUT2D eigenvalue weighted by atomic mass is 10.1. The standard InChI is InChI=1S/C11H24O4Si/c1-4-11(13-5-2,14-6-3)9-7-8-10(12)15-16/h4-9H2,1-3,16H3. The van der Waals surface area contributed by atoms with Crippen molar-refractivity contribution >= 4 is 16.5 Å². The molecule has 0 bridgehead atoms. The molecular weight excluding hydrogens is 224 g/mol. The lowest BCUT2D eigenvalue weighted by Gasteiger charge is -2.32. The quantitative estimate of drug-likeness (QED) is 0.454. The Balaban J connectivity index is 4.13. The van der Waals surface area contributed by atoms with Crippen LogP contribution in [0, 0.1) is 0 Å². The van der Waals surface area contributed by atoms with Crippen LogP contribution < -0.4 is 0 Å². The van der Waals surface area contributed by atoms with E-state index in [1.54, 1.807) is 0 Å². The predicted octanol–water partition coefficient (Wildman–Crippen LogP) is 1.16. The Kier molecular flexibility index (Phi) is 8.51. The molecular formula is C11H24O4Si. The summed E-state index contributed by atoms with van der Waals surface area (Å²) in [5, 5.41) is 0. The molecule has 4 nitrogen and oxygen atoms in total. The maximum atomic E-state index is 11.0. The maximum absolute atomic E-state index is 11.0. The predicted molar refractivity (Wildman–Crippen MR) is 66.2 cm³/mol. The first kappa shape index (κ1) is 15.6. The van der Waals surface area contributed by atoms with Gasteiger partial charge in [-0.25, -0.2) is 0 Å². The smallest absolute Gasteiger partial charge is 0.291 e. The van der Waals surface area contributed by atoms with E-state index in [0.29, 0.717) is 30.1 Å². The third-order valence-corrected chi connectivity index (χ3v) is 2.98. The van der Waals surface area contributed by atoms with E-state index in [4.69, 9.17) is 13.9 Å². The van der Waals surface area contributed by atoms with Crippen LogP contribution >= 0.6 is 0 Å². The molecule has 96 valence electrons. The van der Waals surface area contributed by atoms with Gasteiger partial charge in [0, 0.05) is 26.1 Å². The maximum Gasteiger partial charge on any atom is 0.291 e. The molecule has 0 aromatic heterocycles. The molecule has 0 aliphatic carbocycles. The average Bonchev–Trinajstić information content (AvgIpc) is 2.29. The van der Waals surface area contributed by atoms with Crippen LogP contribution in [0.2, 0.25) is 0 Å². The Bertz CT molecular complexity index is 190. The summed E-state index contributed by atoms with van der Waals surface area (Å²) in [5.74, 6) is -0.640. The van der Waals surface area contributed by atoms with Gasteiger partial charge >= 0.3 is 0 Å². The largest absolute Gasteiger partial charge is 0.529 e. The monoisotopic (exact) mass is 248 g/mol. The highest BCUT2D eigenvalue weighted by atomic mass is 28.2. The minimum Gasteiger partial charge on any atom is -0.529 e. The summed E-state index contributed by atoms with van der Waals surface area (Å²) in [6.07, 6.45) is 2.73. The summed E-state index contributed by atoms with van der Waals surface area (Å²) in [4.78, 5) is 11.0. The van der Waals surface area contributed by atoms with E-state index in [1.807, 2.05) is 20.8 Å². The molecule has 0 N–H and O–H groups in total. The zero-order chi connectivity index (χ0) is 12.4. The molecule has 0 amide bonds. The van der Waals surface area contributed by atoms with Crippen LogP contribution in [0.15, 0.2) is 0 Å². The van der Waals surface area contributed by atoms with Crippen molar-refractivity contribution in [2.45, 2.75) is 52.2 Å². The lowest BCUT2D eigenvalue weighted by Crippen LogP contribution is -2.35. The Morgan fingerprint density at radius 3 is 2.12 bits per heavy atom. The number of carbonyl (C=O) groups is 1. The Hall–Kier alpha value is -0.393. The zero-order valence-electron chi connectivity index (χ0n) is 10.9. The highest BCUT2D eigenvalue weighted by Gasteiger charge is 2.28. The molecule has 0 heterocycles. The van der Waals surface area contributed by atoms with E-state index in [9.17, 15) is 4.79 Å². The molecule has 0 radical (unpaired) electrons. The number of ether oxygens (including phenoxy) is 2. The fraction of sp³-hybridized carbons (Fsp3) is 0.909. The van der Waals surface area contributed by atoms with Crippen LogP contribution in [0.1, 0.15) is 46.5 Å². The van der Waals surface area contributed by atoms with E-state index in [0.717, 1.165) is 19.3 Å². The average molecular weight is 248 g/mol. The highest BCUT2D eigenvalue weighted by Crippen LogP contribution is 2.25. The molecule has 0 rings (SSSR count). The van der Waals surface area contributed by atoms with Crippen molar-refractivity contribution < 1.29 is 18.7 Å². The normalized spacial score (nSPS) is 11.7. The van der Waals surface area contributed by atoms with Crippen LogP contribution in [0.4, 0.5) is 0 Å². The van der Waals surface area contributed by atoms with Crippen molar-refractivity contribution in [1.29, 1.82) is 0 Å². The van der Waals surface area contributed by atoms with Crippen molar-refractivity contribution in [2.24, 2.45) is 0 Å². The summed E-state index contributed by atoms with van der Waals surface area (Å²) < 4.78 is 16.1. The van der Waals surface area contributed by atoms with E-state index in [-0.39, 0.29) is 5.97 Å². The minimum absolute atomic E-state index is 0.121. The third-order valence-electron chi connectivity index (χ3n) is 2.52. The van der Waals surface area contributed by atoms with Gasteiger partial charge in [0.05, 0.1) is 0 Å². The summed E-state index contributed by atoms with van der Waals surface area (Å²) in [6, 6.07) is 0. The fourth-order valence-corrected chi connectivity index (χ4v) is 1.90. The van der Waals surface area contributed by atoms with Gasteiger partial charge in [0.15, 0.2) is 5.79 Å². The number of hydrogen-bond donors (Lipinski definition) is 0. The van der Waals surface area contributed by atoms with Gasteiger partial charge in [-0.2, -0.15) is 0 Å². The summed E-state index contributed by atoms with van der Waals surface area (Å²) in [7, 11) is 0.471. The molecule has 5 heteroatoms. The van der Waals surface area contributed by atoms with Gasteiger partial charge in [0.2, 0.25) is 10.5 Å². The fourth-order valence-electron chi connectivity index (χ4n) is 1.70. The van der Waals surface area contributed by atoms with E-state index >= 15 is 0 Å². The first-order valence-electron chi connectivity index (χ1n) is 5.98. The first-order chi connectivity index (χ1) is 7.64. The lowest BCUT2D eigenvalue weighted by molar-refractivity contribution is -0.239. The van der Waals surface area contributed by atoms with Crippen LogP contribution in [0.5, 0.6) is 0 Å². The van der Waals surface area contributed by atoms with Crippen LogP contribution in [-0.2, 0) is 18.7 Å². The molecule has 0 unspecified atom stereocenters. The summed E-state index contributed by atoms with van der Waals surface area (Å²) >= 11 is 0. The number of carbonyl (C=O) groups excluding carboxylic acids is 1. The first-order valence-corrected chi connectivity index (χ1v) is 6.80. The molecule has 0 fully saturated rings. The van der Waals surface area contributed by atoms with Crippen molar-refractivity contribution in [3.63, 3.8) is 0 Å². The van der Waals surface area contributed by atoms with E-state index in [1.165, 1.54) is 0 Å². The molecule has 0 saturated heterocycles. The third kappa shape index (κ3) is 5.63. The van der Waals surface area contributed by atoms with Gasteiger partial charge in [-0.1, -0.05) is 6.92 Å². The molecule has 0 aromatic carbocycles. The topological polar surface area (TPSA) is 44.8 Å². The zero-order valence-corrected chi connectivity index (χ0v) is 12.9. The molecule has 0 atom stereocenters. The van der Waals surface area contributed by atoms with Crippen molar-refractivity contribution in [3.8, 4) is 0 Å². The molecule has 16 heavy (non-hydrogen) atoms. The van der Waals surface area contributed by atoms with Crippen LogP contribution in [0.25, 0.3) is 0 Å². The van der Waals surface area contributed by atoms with Crippen LogP contribution in [0.3, 0.4) is 0 Å². The van der Waals surface area contributed by atoms with Gasteiger partial charge in [0.1, 0.15) is 0 Å². The minimum atomic E-state index is -0.519. The second kappa shape index (κ2) is 8.72. The SMILES string of the molecule is CCOC(CC)(CCCC(=O)O[SiH3])OCC. The van der Waals surface area contributed by atoms with Gasteiger partial charge in [0.25, 0.3) is 5.97 Å². The molecule has 0 aromatic rings. The molecule has 0 saturated carbocycles. The van der Waals surface area contributed by atoms with Crippen molar-refractivity contribution in [2.75, 3.05) is 13.2 Å². The van der Waals surface area contributed by atoms with Crippen molar-refractivity contribution in [1.82, 2.24) is 0 Å².